The number of alkyl halides is 1. The number of carbonyl (C=O) groups excluding carboxylic acids is 4. The second-order valence-electron chi connectivity index (χ2n) is 10.5. The van der Waals surface area contributed by atoms with E-state index in [1.54, 1.807) is 0 Å². The maximum absolute atomic E-state index is 14.0. The summed E-state index contributed by atoms with van der Waals surface area (Å²) in [6.07, 6.45) is 4.85. The van der Waals surface area contributed by atoms with Crippen LogP contribution in [0.5, 0.6) is 0 Å². The van der Waals surface area contributed by atoms with Crippen LogP contribution in [0.1, 0.15) is 33.6 Å². The predicted octanol–water partition coefficient (Wildman–Crippen LogP) is 4.02. The zero-order chi connectivity index (χ0) is 27.6. The molecule has 0 aromatic heterocycles. The Morgan fingerprint density at radius 2 is 1.51 bits per heavy atom. The van der Waals surface area contributed by atoms with Gasteiger partial charge in [0.05, 0.1) is 16.8 Å². The van der Waals surface area contributed by atoms with Gasteiger partial charge in [-0.1, -0.05) is 12.2 Å². The van der Waals surface area contributed by atoms with E-state index in [-0.39, 0.29) is 41.0 Å². The second-order valence-corrected chi connectivity index (χ2v) is 10.8. The van der Waals surface area contributed by atoms with Crippen molar-refractivity contribution in [2.45, 2.75) is 18.9 Å². The lowest BCUT2D eigenvalue weighted by molar-refractivity contribution is -0.384. The van der Waals surface area contributed by atoms with Gasteiger partial charge in [0, 0.05) is 29.1 Å². The summed E-state index contributed by atoms with van der Waals surface area (Å²) in [6, 6.07) is 8.07. The molecule has 4 aliphatic carbocycles. The van der Waals surface area contributed by atoms with Crippen LogP contribution in [0.3, 0.4) is 0 Å². The number of hydrogen-bond donors (Lipinski definition) is 0. The average molecular weight is 552 g/mol. The van der Waals surface area contributed by atoms with Crippen molar-refractivity contribution < 1.29 is 28.5 Å². The highest BCUT2D eigenvalue weighted by Crippen LogP contribution is 2.65. The molecule has 5 aliphatic rings. The monoisotopic (exact) mass is 551 g/mol. The number of allylic oxidation sites excluding steroid dienone is 2. The number of amides is 3. The Morgan fingerprint density at radius 1 is 0.974 bits per heavy atom. The summed E-state index contributed by atoms with van der Waals surface area (Å²) in [5.41, 5.74) is -0.224. The van der Waals surface area contributed by atoms with Gasteiger partial charge in [-0.05, 0) is 72.9 Å². The summed E-state index contributed by atoms with van der Waals surface area (Å²) >= 11 is 6.06. The summed E-state index contributed by atoms with van der Waals surface area (Å²) < 4.78 is 13.6. The Morgan fingerprint density at radius 3 is 2.03 bits per heavy atom. The van der Waals surface area contributed by atoms with Gasteiger partial charge in [-0.15, -0.1) is 11.6 Å². The Hall–Kier alpha value is -3.92. The van der Waals surface area contributed by atoms with Gasteiger partial charge in [-0.2, -0.15) is 5.01 Å². The molecular formula is C28H23ClFN3O6. The number of nitro benzene ring substituents is 1. The van der Waals surface area contributed by atoms with Crippen molar-refractivity contribution in [1.82, 2.24) is 10.0 Å². The van der Waals surface area contributed by atoms with Gasteiger partial charge in [0.1, 0.15) is 11.9 Å². The largest absolute Gasteiger partial charge is 0.292 e. The molecule has 0 unspecified atom stereocenters. The van der Waals surface area contributed by atoms with Crippen molar-refractivity contribution in [2.75, 3.05) is 5.88 Å². The van der Waals surface area contributed by atoms with Gasteiger partial charge in [-0.3, -0.25) is 29.3 Å². The number of nitrogens with zero attached hydrogens (tertiary/aromatic N) is 3. The molecule has 200 valence electrons. The number of imide groups is 1. The molecule has 9 nitrogen and oxygen atoms in total. The van der Waals surface area contributed by atoms with Crippen molar-refractivity contribution in [3.63, 3.8) is 0 Å². The molecule has 2 saturated carbocycles. The highest BCUT2D eigenvalue weighted by Gasteiger charge is 2.68. The Bertz CT molecular complexity index is 1390. The Labute approximate surface area is 227 Å². The Balaban J connectivity index is 1.43. The molecule has 2 bridgehead atoms. The maximum Gasteiger partial charge on any atom is 0.273 e. The number of rotatable bonds is 8. The fraction of sp³-hybridized carbons (Fsp3) is 0.357. The van der Waals surface area contributed by atoms with Gasteiger partial charge in [0.2, 0.25) is 0 Å². The third kappa shape index (κ3) is 3.96. The van der Waals surface area contributed by atoms with Crippen LogP contribution in [-0.4, -0.2) is 50.4 Å². The van der Waals surface area contributed by atoms with E-state index in [2.05, 4.69) is 0 Å². The van der Waals surface area contributed by atoms with E-state index in [1.807, 2.05) is 12.2 Å². The van der Waals surface area contributed by atoms with Crippen LogP contribution < -0.4 is 0 Å². The number of non-ortho nitro benzene ring substituents is 1. The number of hydrazine groups is 1. The molecule has 3 fully saturated rings. The first-order chi connectivity index (χ1) is 18.7. The van der Waals surface area contributed by atoms with E-state index in [1.165, 1.54) is 24.3 Å². The molecule has 0 radical (unpaired) electrons. The fourth-order valence-corrected chi connectivity index (χ4v) is 6.86. The minimum Gasteiger partial charge on any atom is -0.292 e. The lowest BCUT2D eigenvalue weighted by Gasteiger charge is -2.37. The van der Waals surface area contributed by atoms with Crippen molar-refractivity contribution in [3.05, 3.63) is 87.7 Å². The average Bonchev–Trinajstić information content (AvgIpc) is 3.72. The van der Waals surface area contributed by atoms with E-state index in [9.17, 15) is 33.7 Å². The van der Waals surface area contributed by atoms with Gasteiger partial charge < -0.3 is 0 Å². The number of hydrogen-bond acceptors (Lipinski definition) is 6. The number of benzene rings is 2. The lowest BCUT2D eigenvalue weighted by atomic mass is 9.63. The van der Waals surface area contributed by atoms with Gasteiger partial charge in [0.15, 0.2) is 5.78 Å². The topological polar surface area (TPSA) is 118 Å². The summed E-state index contributed by atoms with van der Waals surface area (Å²) in [5, 5.41) is 12.8. The second kappa shape index (κ2) is 9.37. The molecule has 1 aliphatic heterocycles. The molecule has 7 rings (SSSR count). The van der Waals surface area contributed by atoms with Gasteiger partial charge in [0.25, 0.3) is 23.4 Å². The zero-order valence-electron chi connectivity index (χ0n) is 20.5. The number of halogens is 2. The minimum absolute atomic E-state index is 0.0495. The van der Waals surface area contributed by atoms with E-state index in [0.29, 0.717) is 11.8 Å². The minimum atomic E-state index is -1.36. The number of ketones is 1. The molecule has 7 atom stereocenters. The number of nitro groups is 1. The summed E-state index contributed by atoms with van der Waals surface area (Å²) in [4.78, 5) is 66.1. The third-order valence-electron chi connectivity index (χ3n) is 8.50. The summed E-state index contributed by atoms with van der Waals surface area (Å²) in [5.74, 6) is -4.00. The molecule has 1 heterocycles. The van der Waals surface area contributed by atoms with E-state index in [4.69, 9.17) is 11.6 Å². The summed E-state index contributed by atoms with van der Waals surface area (Å²) in [7, 11) is 0. The van der Waals surface area contributed by atoms with Crippen molar-refractivity contribution >= 4 is 40.8 Å². The first-order valence-corrected chi connectivity index (χ1v) is 13.3. The fourth-order valence-electron chi connectivity index (χ4n) is 6.66. The smallest absolute Gasteiger partial charge is 0.273 e. The molecule has 2 aromatic carbocycles. The van der Waals surface area contributed by atoms with Crippen LogP contribution >= 0.6 is 11.6 Å². The molecule has 0 spiro atoms. The lowest BCUT2D eigenvalue weighted by Crippen LogP contribution is -2.57. The standard InChI is InChI=1S/C28H23ClFN3O6/c29-12-11-22(25(34)14-1-5-16(30)6-2-14)31(26(35)15-3-7-17(8-4-15)33(38)39)32-27(36)23-18-9-10-19(21-13-20(18)21)24(23)28(32)37/h1-10,18-24H,11-13H2/t18-,19-,20-,21-,22-,23+,24+/m0/s1. The predicted molar refractivity (Wildman–Crippen MR) is 136 cm³/mol. The van der Waals surface area contributed by atoms with Crippen molar-refractivity contribution in [1.29, 1.82) is 0 Å². The number of Topliss-reactive ketones (excluding diaryl/α,β-unsaturated/α-hetero) is 1. The third-order valence-corrected chi connectivity index (χ3v) is 8.72. The molecule has 39 heavy (non-hydrogen) atoms. The van der Waals surface area contributed by atoms with Crippen LogP contribution in [-0.2, 0) is 9.59 Å². The molecule has 1 saturated heterocycles. The van der Waals surface area contributed by atoms with E-state index in [0.717, 1.165) is 40.7 Å². The molecule has 3 amide bonds. The summed E-state index contributed by atoms with van der Waals surface area (Å²) in [6.45, 7) is 0. The van der Waals surface area contributed by atoms with Crippen LogP contribution in [0.4, 0.5) is 10.1 Å². The molecule has 2 aromatic rings. The van der Waals surface area contributed by atoms with E-state index < -0.39 is 52.1 Å². The highest BCUT2D eigenvalue weighted by atomic mass is 35.5. The first-order valence-electron chi connectivity index (χ1n) is 12.7. The first kappa shape index (κ1) is 25.4. The van der Waals surface area contributed by atoms with E-state index >= 15 is 0 Å². The molecule has 11 heteroatoms. The highest BCUT2D eigenvalue weighted by molar-refractivity contribution is 6.18. The zero-order valence-corrected chi connectivity index (χ0v) is 21.2. The van der Waals surface area contributed by atoms with Crippen LogP contribution in [0.2, 0.25) is 0 Å². The van der Waals surface area contributed by atoms with Crippen LogP contribution in [0.25, 0.3) is 0 Å². The number of carbonyl (C=O) groups is 4. The van der Waals surface area contributed by atoms with Crippen molar-refractivity contribution in [3.8, 4) is 0 Å². The normalized spacial score (nSPS) is 28.6. The molecule has 0 N–H and O–H groups in total. The SMILES string of the molecule is O=C(c1ccc(F)cc1)[C@H](CCCl)N(C(=O)c1ccc([N+](=O)[O-])cc1)N1C(=O)[C@@H]2[C@H]3C=C[C@@H]([C@@H]4C[C@@H]34)[C@H]2C1=O. The van der Waals surface area contributed by atoms with Gasteiger partial charge in [-0.25, -0.2) is 9.40 Å². The van der Waals surface area contributed by atoms with Crippen LogP contribution in [0, 0.1) is 51.4 Å². The van der Waals surface area contributed by atoms with Crippen molar-refractivity contribution in [2.24, 2.45) is 35.5 Å². The Kier molecular flexibility index (Phi) is 6.10. The maximum atomic E-state index is 14.0. The van der Waals surface area contributed by atoms with Gasteiger partial charge >= 0.3 is 0 Å². The quantitative estimate of drug-likeness (QED) is 0.122. The van der Waals surface area contributed by atoms with Crippen LogP contribution in [0.15, 0.2) is 60.7 Å². The molecular weight excluding hydrogens is 529 g/mol.